The number of hydrogen-bond acceptors (Lipinski definition) is 7. The van der Waals surface area contributed by atoms with Gasteiger partial charge in [-0.1, -0.05) is 0 Å². The number of aliphatic hydroxyl groups is 2. The van der Waals surface area contributed by atoms with Gasteiger partial charge in [0.05, 0.1) is 0 Å². The molecule has 3 heterocycles. The summed E-state index contributed by atoms with van der Waals surface area (Å²) >= 11 is 0. The van der Waals surface area contributed by atoms with Gasteiger partial charge in [-0.15, -0.1) is 0 Å². The molecule has 2 unspecified atom stereocenters. The highest BCUT2D eigenvalue weighted by molar-refractivity contribution is 5.82. The molecule has 0 aliphatic carbocycles. The summed E-state index contributed by atoms with van der Waals surface area (Å²) in [6, 6.07) is 0. The number of fused-ring (bicyclic) bond motifs is 1. The highest BCUT2D eigenvalue weighted by Gasteiger charge is 2.41. The minimum Gasteiger partial charge on any atom is -0.466 e. The van der Waals surface area contributed by atoms with Crippen LogP contribution in [0, 0.1) is 0 Å². The smallest absolute Gasteiger partial charge is 0.207 e. The van der Waals surface area contributed by atoms with E-state index in [9.17, 15) is 14.6 Å². The van der Waals surface area contributed by atoms with E-state index in [2.05, 4.69) is 20.3 Å². The van der Waals surface area contributed by atoms with Crippen LogP contribution < -0.4 is 5.32 Å². The second-order valence-corrected chi connectivity index (χ2v) is 4.25. The van der Waals surface area contributed by atoms with Crippen molar-refractivity contribution in [2.24, 2.45) is 0 Å². The van der Waals surface area contributed by atoms with Crippen molar-refractivity contribution in [3.8, 4) is 0 Å². The summed E-state index contributed by atoms with van der Waals surface area (Å²) in [4.78, 5) is 12.2. The van der Waals surface area contributed by atoms with Crippen LogP contribution in [0.25, 0.3) is 11.2 Å². The third-order valence-corrected chi connectivity index (χ3v) is 3.14. The Morgan fingerprint density at radius 2 is 2.20 bits per heavy atom. The first-order chi connectivity index (χ1) is 9.67. The number of halogens is 1. The Labute approximate surface area is 112 Å². The first kappa shape index (κ1) is 12.8. The molecule has 106 valence electrons. The zero-order valence-electron chi connectivity index (χ0n) is 10.4. The van der Waals surface area contributed by atoms with Crippen molar-refractivity contribution in [3.63, 3.8) is 0 Å². The Balaban J connectivity index is 2.08. The van der Waals surface area contributed by atoms with Gasteiger partial charge in [0.1, 0.15) is 31.2 Å². The zero-order valence-corrected chi connectivity index (χ0v) is 10.4. The van der Waals surface area contributed by atoms with Crippen LogP contribution >= 0.6 is 0 Å². The number of aliphatic hydroxyl groups excluding tert-OH is 2. The van der Waals surface area contributed by atoms with Crippen LogP contribution in [0.2, 0.25) is 0 Å². The van der Waals surface area contributed by atoms with Crippen LogP contribution in [-0.4, -0.2) is 49.0 Å². The number of anilines is 1. The molecule has 0 spiro atoms. The molecule has 0 radical (unpaired) electrons. The Kier molecular flexibility index (Phi) is 2.99. The first-order valence-corrected chi connectivity index (χ1v) is 5.85. The lowest BCUT2D eigenvalue weighted by Crippen LogP contribution is -2.27. The standard InChI is InChI=1S/C11H12FN5O3/c1-13-9-6-10(15-3-14-9)17(4-16-6)11-8(19)7(18)5(2-12)20-11/h2-4,7-8,11,18-19H,1H3,(H,13,14,15)/b5-2+/t7?,8?,11-/m1/s1. The summed E-state index contributed by atoms with van der Waals surface area (Å²) in [5.74, 6) is 0.190. The van der Waals surface area contributed by atoms with Gasteiger partial charge in [0, 0.05) is 7.05 Å². The summed E-state index contributed by atoms with van der Waals surface area (Å²) < 4.78 is 19.2. The van der Waals surface area contributed by atoms with E-state index in [1.807, 2.05) is 0 Å². The lowest BCUT2D eigenvalue weighted by atomic mass is 10.2. The molecule has 0 saturated carbocycles. The van der Waals surface area contributed by atoms with Gasteiger partial charge < -0.3 is 20.3 Å². The Morgan fingerprint density at radius 3 is 2.85 bits per heavy atom. The van der Waals surface area contributed by atoms with Crippen molar-refractivity contribution in [1.82, 2.24) is 19.5 Å². The quantitative estimate of drug-likeness (QED) is 0.707. The van der Waals surface area contributed by atoms with E-state index >= 15 is 0 Å². The molecule has 2 aromatic heterocycles. The zero-order chi connectivity index (χ0) is 14.3. The third kappa shape index (κ3) is 1.71. The molecule has 3 atom stereocenters. The molecule has 0 amide bonds. The normalized spacial score (nSPS) is 28.0. The van der Waals surface area contributed by atoms with Crippen LogP contribution in [0.4, 0.5) is 10.2 Å². The van der Waals surface area contributed by atoms with E-state index in [-0.39, 0.29) is 12.1 Å². The van der Waals surface area contributed by atoms with Gasteiger partial charge in [-0.3, -0.25) is 4.57 Å². The highest BCUT2D eigenvalue weighted by Crippen LogP contribution is 2.34. The van der Waals surface area contributed by atoms with Crippen molar-refractivity contribution in [3.05, 3.63) is 24.7 Å². The fourth-order valence-electron chi connectivity index (χ4n) is 2.14. The van der Waals surface area contributed by atoms with Gasteiger partial charge in [-0.05, 0) is 0 Å². The van der Waals surface area contributed by atoms with E-state index in [0.29, 0.717) is 17.0 Å². The lowest BCUT2D eigenvalue weighted by molar-refractivity contribution is -0.0120. The minimum atomic E-state index is -1.42. The number of nitrogens with zero attached hydrogens (tertiary/aromatic N) is 4. The van der Waals surface area contributed by atoms with Crippen LogP contribution in [0.15, 0.2) is 24.7 Å². The van der Waals surface area contributed by atoms with Crippen molar-refractivity contribution in [1.29, 1.82) is 0 Å². The van der Waals surface area contributed by atoms with Gasteiger partial charge in [-0.25, -0.2) is 19.3 Å². The third-order valence-electron chi connectivity index (χ3n) is 3.14. The van der Waals surface area contributed by atoms with Crippen LogP contribution in [0.5, 0.6) is 0 Å². The van der Waals surface area contributed by atoms with Crippen molar-refractivity contribution < 1.29 is 19.3 Å². The lowest BCUT2D eigenvalue weighted by Gasteiger charge is -2.15. The maximum atomic E-state index is 12.6. The number of hydrogen-bond donors (Lipinski definition) is 3. The minimum absolute atomic E-state index is 0.126. The van der Waals surface area contributed by atoms with E-state index in [0.717, 1.165) is 0 Å². The van der Waals surface area contributed by atoms with Crippen LogP contribution in [0.1, 0.15) is 6.23 Å². The number of nitrogens with one attached hydrogen (secondary N) is 1. The molecule has 20 heavy (non-hydrogen) atoms. The molecule has 9 heteroatoms. The summed E-state index contributed by atoms with van der Waals surface area (Å²) in [5.41, 5.74) is 0.888. The molecular weight excluding hydrogens is 269 g/mol. The summed E-state index contributed by atoms with van der Waals surface area (Å²) in [7, 11) is 1.69. The molecule has 1 saturated heterocycles. The predicted molar refractivity (Wildman–Crippen MR) is 66.2 cm³/mol. The summed E-state index contributed by atoms with van der Waals surface area (Å²) in [6.45, 7) is 0. The summed E-state index contributed by atoms with van der Waals surface area (Å²) in [6.07, 6.45) is -0.897. The highest BCUT2D eigenvalue weighted by atomic mass is 19.1. The number of imidazole rings is 1. The molecule has 0 aromatic carbocycles. The number of rotatable bonds is 2. The van der Waals surface area contributed by atoms with E-state index in [1.165, 1.54) is 17.2 Å². The number of ether oxygens (including phenoxy) is 1. The molecular formula is C11H12FN5O3. The van der Waals surface area contributed by atoms with Gasteiger partial charge in [0.25, 0.3) is 0 Å². The SMILES string of the molecule is CNc1ncnc2c1ncn2[C@@H]1O/C(=C/F)C(O)C1O. The topological polar surface area (TPSA) is 105 Å². The largest absolute Gasteiger partial charge is 0.466 e. The molecule has 3 rings (SSSR count). The monoisotopic (exact) mass is 281 g/mol. The molecule has 0 bridgehead atoms. The molecule has 1 aliphatic heterocycles. The predicted octanol–water partition coefficient (Wildman–Crippen LogP) is -0.0705. The molecule has 3 N–H and O–H groups in total. The molecule has 8 nitrogen and oxygen atoms in total. The fraction of sp³-hybridized carbons (Fsp3) is 0.364. The Hall–Kier alpha value is -2.26. The average molecular weight is 281 g/mol. The molecule has 1 fully saturated rings. The fourth-order valence-corrected chi connectivity index (χ4v) is 2.14. The second-order valence-electron chi connectivity index (χ2n) is 4.25. The van der Waals surface area contributed by atoms with Crippen molar-refractivity contribution in [2.75, 3.05) is 12.4 Å². The van der Waals surface area contributed by atoms with Crippen LogP contribution in [-0.2, 0) is 4.74 Å². The Bertz CT molecular complexity index is 673. The van der Waals surface area contributed by atoms with Crippen LogP contribution in [0.3, 0.4) is 0 Å². The van der Waals surface area contributed by atoms with E-state index in [1.54, 1.807) is 7.05 Å². The van der Waals surface area contributed by atoms with Gasteiger partial charge in [0.2, 0.25) is 6.23 Å². The van der Waals surface area contributed by atoms with Crippen molar-refractivity contribution >= 4 is 17.0 Å². The number of aromatic nitrogens is 4. The van der Waals surface area contributed by atoms with Gasteiger partial charge in [0.15, 0.2) is 22.7 Å². The summed E-state index contributed by atoms with van der Waals surface area (Å²) in [5, 5.41) is 22.4. The second kappa shape index (κ2) is 4.69. The first-order valence-electron chi connectivity index (χ1n) is 5.85. The molecule has 1 aliphatic rings. The average Bonchev–Trinajstić information content (AvgIpc) is 3.01. The molecule has 2 aromatic rings. The maximum Gasteiger partial charge on any atom is 0.207 e. The van der Waals surface area contributed by atoms with Gasteiger partial charge in [-0.2, -0.15) is 0 Å². The van der Waals surface area contributed by atoms with E-state index < -0.39 is 18.4 Å². The van der Waals surface area contributed by atoms with E-state index in [4.69, 9.17) is 4.74 Å². The maximum absolute atomic E-state index is 12.6. The van der Waals surface area contributed by atoms with Crippen molar-refractivity contribution in [2.45, 2.75) is 18.4 Å². The van der Waals surface area contributed by atoms with Gasteiger partial charge >= 0.3 is 0 Å². The Morgan fingerprint density at radius 1 is 1.40 bits per heavy atom.